The second-order valence-corrected chi connectivity index (χ2v) is 4.49. The van der Waals surface area contributed by atoms with Gasteiger partial charge in [0.15, 0.2) is 0 Å². The van der Waals surface area contributed by atoms with E-state index in [0.717, 1.165) is 11.3 Å². The number of hydrogen-bond donors (Lipinski definition) is 0. The van der Waals surface area contributed by atoms with Crippen molar-refractivity contribution in [2.45, 2.75) is 44.6 Å². The van der Waals surface area contributed by atoms with E-state index >= 15 is 0 Å². The van der Waals surface area contributed by atoms with Gasteiger partial charge in [-0.2, -0.15) is 0 Å². The Balaban J connectivity index is 2.17. The summed E-state index contributed by atoms with van der Waals surface area (Å²) in [4.78, 5) is 0. The van der Waals surface area contributed by atoms with Gasteiger partial charge in [0.25, 0.3) is 0 Å². The van der Waals surface area contributed by atoms with Gasteiger partial charge >= 0.3 is 0 Å². The summed E-state index contributed by atoms with van der Waals surface area (Å²) in [5.41, 5.74) is 2.31. The maximum absolute atomic E-state index is 6.04. The van der Waals surface area contributed by atoms with Gasteiger partial charge in [0.05, 0.1) is 12.0 Å². The zero-order valence-corrected chi connectivity index (χ0v) is 9.89. The van der Waals surface area contributed by atoms with E-state index in [9.17, 15) is 0 Å². The number of rotatable bonds is 3. The molecule has 0 bridgehead atoms. The zero-order valence-electron chi connectivity index (χ0n) is 9.13. The SMILES string of the molecule is Cc1cccc(CCl)c1OC1CCCC1. The molecule has 0 atom stereocenters. The van der Waals surface area contributed by atoms with Crippen LogP contribution in [0.1, 0.15) is 36.8 Å². The van der Waals surface area contributed by atoms with E-state index in [1.165, 1.54) is 31.2 Å². The first-order valence-electron chi connectivity index (χ1n) is 5.62. The number of halogens is 1. The Hall–Kier alpha value is -0.690. The quantitative estimate of drug-likeness (QED) is 0.704. The molecule has 0 amide bonds. The summed E-state index contributed by atoms with van der Waals surface area (Å²) in [6.07, 6.45) is 5.39. The topological polar surface area (TPSA) is 9.23 Å². The molecule has 1 fully saturated rings. The maximum atomic E-state index is 6.04. The van der Waals surface area contributed by atoms with E-state index in [1.807, 2.05) is 12.1 Å². The summed E-state index contributed by atoms with van der Waals surface area (Å²) in [5.74, 6) is 1.54. The Morgan fingerprint density at radius 2 is 2.07 bits per heavy atom. The van der Waals surface area contributed by atoms with E-state index < -0.39 is 0 Å². The third-order valence-corrected chi connectivity index (χ3v) is 3.31. The molecule has 1 aromatic rings. The van der Waals surface area contributed by atoms with Gasteiger partial charge in [-0.3, -0.25) is 0 Å². The summed E-state index contributed by atoms with van der Waals surface area (Å²) >= 11 is 5.91. The van der Waals surface area contributed by atoms with E-state index in [0.29, 0.717) is 12.0 Å². The van der Waals surface area contributed by atoms with Crippen LogP contribution in [-0.4, -0.2) is 6.10 Å². The van der Waals surface area contributed by atoms with Crippen molar-refractivity contribution in [1.82, 2.24) is 0 Å². The maximum Gasteiger partial charge on any atom is 0.127 e. The molecule has 2 heteroatoms. The average Bonchev–Trinajstić information content (AvgIpc) is 2.74. The molecule has 15 heavy (non-hydrogen) atoms. The van der Waals surface area contributed by atoms with Gasteiger partial charge in [-0.05, 0) is 38.2 Å². The second kappa shape index (κ2) is 4.89. The van der Waals surface area contributed by atoms with Crippen molar-refractivity contribution in [1.29, 1.82) is 0 Å². The van der Waals surface area contributed by atoms with E-state index in [4.69, 9.17) is 16.3 Å². The predicted molar refractivity (Wildman–Crippen MR) is 63.6 cm³/mol. The lowest BCUT2D eigenvalue weighted by molar-refractivity contribution is 0.207. The minimum atomic E-state index is 0.410. The molecule has 1 aliphatic carbocycles. The van der Waals surface area contributed by atoms with Crippen LogP contribution in [0.4, 0.5) is 0 Å². The number of alkyl halides is 1. The minimum Gasteiger partial charge on any atom is -0.490 e. The molecule has 0 aliphatic heterocycles. The van der Waals surface area contributed by atoms with Crippen LogP contribution in [0.15, 0.2) is 18.2 Å². The molecule has 1 saturated carbocycles. The summed E-state index contributed by atoms with van der Waals surface area (Å²) in [6, 6.07) is 6.17. The molecular formula is C13H17ClO. The fourth-order valence-electron chi connectivity index (χ4n) is 2.16. The first kappa shape index (κ1) is 10.8. The van der Waals surface area contributed by atoms with Gasteiger partial charge in [-0.15, -0.1) is 11.6 Å². The van der Waals surface area contributed by atoms with Gasteiger partial charge in [-0.25, -0.2) is 0 Å². The van der Waals surface area contributed by atoms with Crippen molar-refractivity contribution in [2.75, 3.05) is 0 Å². The van der Waals surface area contributed by atoms with Gasteiger partial charge in [-0.1, -0.05) is 18.2 Å². The Morgan fingerprint density at radius 1 is 1.33 bits per heavy atom. The summed E-state index contributed by atoms with van der Waals surface area (Å²) in [5, 5.41) is 0. The Labute approximate surface area is 96.4 Å². The third kappa shape index (κ3) is 2.46. The van der Waals surface area contributed by atoms with Gasteiger partial charge in [0.2, 0.25) is 0 Å². The second-order valence-electron chi connectivity index (χ2n) is 4.22. The zero-order chi connectivity index (χ0) is 10.7. The highest BCUT2D eigenvalue weighted by molar-refractivity contribution is 6.17. The van der Waals surface area contributed by atoms with Gasteiger partial charge < -0.3 is 4.74 Å². The van der Waals surface area contributed by atoms with E-state index in [2.05, 4.69) is 13.0 Å². The molecule has 82 valence electrons. The Kier molecular flexibility index (Phi) is 3.53. The van der Waals surface area contributed by atoms with Crippen LogP contribution in [0.3, 0.4) is 0 Å². The molecule has 0 unspecified atom stereocenters. The van der Waals surface area contributed by atoms with Crippen LogP contribution < -0.4 is 4.74 Å². The number of benzene rings is 1. The molecule has 0 radical (unpaired) electrons. The summed E-state index contributed by atoms with van der Waals surface area (Å²) < 4.78 is 6.04. The molecular weight excluding hydrogens is 208 g/mol. The highest BCUT2D eigenvalue weighted by Gasteiger charge is 2.18. The minimum absolute atomic E-state index is 0.410. The molecule has 0 N–H and O–H groups in total. The van der Waals surface area contributed by atoms with E-state index in [1.54, 1.807) is 0 Å². The van der Waals surface area contributed by atoms with E-state index in [-0.39, 0.29) is 0 Å². The normalized spacial score (nSPS) is 16.9. The van der Waals surface area contributed by atoms with Crippen molar-refractivity contribution >= 4 is 11.6 Å². The van der Waals surface area contributed by atoms with Crippen LogP contribution >= 0.6 is 11.6 Å². The predicted octanol–water partition coefficient (Wildman–Crippen LogP) is 4.06. The fraction of sp³-hybridized carbons (Fsp3) is 0.538. The van der Waals surface area contributed by atoms with Crippen molar-refractivity contribution in [3.8, 4) is 5.75 Å². The van der Waals surface area contributed by atoms with Crippen molar-refractivity contribution in [3.05, 3.63) is 29.3 Å². The van der Waals surface area contributed by atoms with Gasteiger partial charge in [0, 0.05) is 5.56 Å². The molecule has 0 heterocycles. The lowest BCUT2D eigenvalue weighted by Gasteiger charge is -2.17. The number of aryl methyl sites for hydroxylation is 1. The Morgan fingerprint density at radius 3 is 2.73 bits per heavy atom. The highest BCUT2D eigenvalue weighted by Crippen LogP contribution is 2.30. The summed E-state index contributed by atoms with van der Waals surface area (Å²) in [6.45, 7) is 2.08. The third-order valence-electron chi connectivity index (χ3n) is 3.02. The van der Waals surface area contributed by atoms with Crippen molar-refractivity contribution in [2.24, 2.45) is 0 Å². The average molecular weight is 225 g/mol. The molecule has 0 saturated heterocycles. The van der Waals surface area contributed by atoms with Crippen LogP contribution in [-0.2, 0) is 5.88 Å². The number of hydrogen-bond acceptors (Lipinski definition) is 1. The lowest BCUT2D eigenvalue weighted by atomic mass is 10.1. The molecule has 1 aromatic carbocycles. The molecule has 2 rings (SSSR count). The smallest absolute Gasteiger partial charge is 0.127 e. The molecule has 0 spiro atoms. The van der Waals surface area contributed by atoms with Crippen molar-refractivity contribution < 1.29 is 4.74 Å². The van der Waals surface area contributed by atoms with Crippen LogP contribution in [0.25, 0.3) is 0 Å². The highest BCUT2D eigenvalue weighted by atomic mass is 35.5. The lowest BCUT2D eigenvalue weighted by Crippen LogP contribution is -2.12. The molecule has 1 nitrogen and oxygen atoms in total. The van der Waals surface area contributed by atoms with Crippen LogP contribution in [0.5, 0.6) is 5.75 Å². The number of ether oxygens (including phenoxy) is 1. The van der Waals surface area contributed by atoms with Crippen molar-refractivity contribution in [3.63, 3.8) is 0 Å². The first-order chi connectivity index (χ1) is 7.31. The van der Waals surface area contributed by atoms with Crippen LogP contribution in [0.2, 0.25) is 0 Å². The standard InChI is InChI=1S/C13H17ClO/c1-10-5-4-6-11(9-14)13(10)15-12-7-2-3-8-12/h4-6,12H,2-3,7-9H2,1H3. The summed E-state index contributed by atoms with van der Waals surface area (Å²) in [7, 11) is 0. The monoisotopic (exact) mass is 224 g/mol. The first-order valence-corrected chi connectivity index (χ1v) is 6.16. The molecule has 1 aliphatic rings. The Bertz CT molecular complexity index is 329. The van der Waals surface area contributed by atoms with Crippen LogP contribution in [0, 0.1) is 6.92 Å². The number of para-hydroxylation sites is 1. The van der Waals surface area contributed by atoms with Gasteiger partial charge in [0.1, 0.15) is 5.75 Å². The largest absolute Gasteiger partial charge is 0.490 e. The fourth-order valence-corrected chi connectivity index (χ4v) is 2.37. The molecule has 0 aromatic heterocycles.